The molecule has 0 aromatic carbocycles. The third-order valence-corrected chi connectivity index (χ3v) is 3.99. The Morgan fingerprint density at radius 3 is 2.78 bits per heavy atom. The van der Waals surface area contributed by atoms with E-state index in [1.54, 1.807) is 34.2 Å². The number of aryl methyl sites for hydroxylation is 2. The Morgan fingerprint density at radius 1 is 1.26 bits per heavy atom. The van der Waals surface area contributed by atoms with E-state index in [1.807, 2.05) is 7.05 Å². The molecule has 23 heavy (non-hydrogen) atoms. The van der Waals surface area contributed by atoms with Crippen LogP contribution in [0.1, 0.15) is 6.42 Å². The molecule has 0 atom stereocenters. The van der Waals surface area contributed by atoms with Gasteiger partial charge in [-0.2, -0.15) is 15.2 Å². The van der Waals surface area contributed by atoms with Crippen LogP contribution in [0.25, 0.3) is 11.0 Å². The summed E-state index contributed by atoms with van der Waals surface area (Å²) < 4.78 is 25.3. The first-order valence-corrected chi connectivity index (χ1v) is 8.57. The summed E-state index contributed by atoms with van der Waals surface area (Å²) in [5.74, 6) is 0.318. The Morgan fingerprint density at radius 2 is 2.09 bits per heavy atom. The Labute approximate surface area is 132 Å². The predicted octanol–water partition coefficient (Wildman–Crippen LogP) is -0.0180. The van der Waals surface area contributed by atoms with Crippen LogP contribution in [0.15, 0.2) is 24.8 Å². The lowest BCUT2D eigenvalue weighted by molar-refractivity contribution is 0.578. The van der Waals surface area contributed by atoms with E-state index in [2.05, 4.69) is 25.5 Å². The summed E-state index contributed by atoms with van der Waals surface area (Å²) >= 11 is 0. The zero-order valence-electron chi connectivity index (χ0n) is 12.4. The number of nitrogens with one attached hydrogen (secondary N) is 1. The molecule has 0 saturated carbocycles. The molecule has 3 aromatic rings. The zero-order valence-corrected chi connectivity index (χ0v) is 13.2. The molecule has 3 heterocycles. The maximum Gasteiger partial charge on any atom is 0.229 e. The first-order chi connectivity index (χ1) is 10.9. The van der Waals surface area contributed by atoms with Crippen molar-refractivity contribution in [3.63, 3.8) is 0 Å². The molecule has 3 N–H and O–H groups in total. The second kappa shape index (κ2) is 5.93. The van der Waals surface area contributed by atoms with Crippen molar-refractivity contribution in [1.29, 1.82) is 0 Å². The molecule has 0 spiro atoms. The third-order valence-electron chi connectivity index (χ3n) is 3.14. The highest BCUT2D eigenvalue weighted by atomic mass is 32.2. The van der Waals surface area contributed by atoms with E-state index in [9.17, 15) is 8.42 Å². The summed E-state index contributed by atoms with van der Waals surface area (Å²) in [6.45, 7) is 0.406. The van der Waals surface area contributed by atoms with Gasteiger partial charge in [0.1, 0.15) is 0 Å². The minimum atomic E-state index is -3.47. The van der Waals surface area contributed by atoms with Gasteiger partial charge in [-0.1, -0.05) is 0 Å². The minimum absolute atomic E-state index is 0.0970. The topological polar surface area (TPSA) is 134 Å². The van der Waals surface area contributed by atoms with Gasteiger partial charge in [0.05, 0.1) is 29.2 Å². The molecule has 0 aliphatic carbocycles. The number of anilines is 2. The van der Waals surface area contributed by atoms with Crippen LogP contribution in [0.4, 0.5) is 11.6 Å². The van der Waals surface area contributed by atoms with Crippen LogP contribution in [0.2, 0.25) is 0 Å². The fourth-order valence-electron chi connectivity index (χ4n) is 2.12. The molecule has 10 nitrogen and oxygen atoms in total. The maximum absolute atomic E-state index is 11.0. The van der Waals surface area contributed by atoms with Gasteiger partial charge in [0.25, 0.3) is 0 Å². The number of hydrogen-bond donors (Lipinski definition) is 2. The Hall–Kier alpha value is -2.53. The minimum Gasteiger partial charge on any atom is -0.321 e. The van der Waals surface area contributed by atoms with Gasteiger partial charge in [0, 0.05) is 26.0 Å². The molecular weight excluding hydrogens is 320 g/mol. The lowest BCUT2D eigenvalue weighted by atomic mass is 10.4. The fourth-order valence-corrected chi connectivity index (χ4v) is 2.65. The van der Waals surface area contributed by atoms with Crippen molar-refractivity contribution < 1.29 is 8.42 Å². The van der Waals surface area contributed by atoms with Gasteiger partial charge in [-0.25, -0.2) is 23.2 Å². The van der Waals surface area contributed by atoms with Crippen LogP contribution >= 0.6 is 0 Å². The number of primary sulfonamides is 1. The van der Waals surface area contributed by atoms with Crippen molar-refractivity contribution in [3.8, 4) is 0 Å². The van der Waals surface area contributed by atoms with Gasteiger partial charge in [0.2, 0.25) is 16.0 Å². The number of sulfonamides is 1. The molecule has 0 amide bonds. The molecule has 0 unspecified atom stereocenters. The highest BCUT2D eigenvalue weighted by Crippen LogP contribution is 2.16. The summed E-state index contributed by atoms with van der Waals surface area (Å²) in [7, 11) is -1.66. The molecule has 3 rings (SSSR count). The van der Waals surface area contributed by atoms with E-state index in [0.717, 1.165) is 11.1 Å². The van der Waals surface area contributed by atoms with Crippen LogP contribution in [-0.4, -0.2) is 43.7 Å². The van der Waals surface area contributed by atoms with E-state index in [-0.39, 0.29) is 5.75 Å². The summed E-state index contributed by atoms with van der Waals surface area (Å²) in [4.78, 5) is 8.63. The van der Waals surface area contributed by atoms with Crippen molar-refractivity contribution in [1.82, 2.24) is 29.5 Å². The molecule has 122 valence electrons. The van der Waals surface area contributed by atoms with Gasteiger partial charge in [-0.3, -0.25) is 4.68 Å². The lowest BCUT2D eigenvalue weighted by Gasteiger charge is -2.04. The Bertz CT molecular complexity index is 930. The number of fused-ring (bicyclic) bond motifs is 1. The largest absolute Gasteiger partial charge is 0.321 e. The quantitative estimate of drug-likeness (QED) is 0.646. The highest BCUT2D eigenvalue weighted by Gasteiger charge is 2.09. The molecule has 0 bridgehead atoms. The molecule has 0 aliphatic rings. The van der Waals surface area contributed by atoms with E-state index in [4.69, 9.17) is 5.14 Å². The summed E-state index contributed by atoms with van der Waals surface area (Å²) in [6.07, 6.45) is 7.13. The highest BCUT2D eigenvalue weighted by molar-refractivity contribution is 7.89. The molecule has 0 saturated heterocycles. The average Bonchev–Trinajstić information content (AvgIpc) is 3.04. The first kappa shape index (κ1) is 15.4. The smallest absolute Gasteiger partial charge is 0.229 e. The van der Waals surface area contributed by atoms with E-state index in [1.165, 1.54) is 0 Å². The summed E-state index contributed by atoms with van der Waals surface area (Å²) in [6, 6.07) is 0. The first-order valence-electron chi connectivity index (χ1n) is 6.85. The van der Waals surface area contributed by atoms with Gasteiger partial charge in [-0.15, -0.1) is 0 Å². The van der Waals surface area contributed by atoms with Crippen LogP contribution < -0.4 is 10.5 Å². The van der Waals surface area contributed by atoms with Crippen molar-refractivity contribution >= 4 is 32.7 Å². The SMILES string of the molecule is Cn1cc(Nc2ncc3cnn(CCCS(N)(=O)=O)c3n2)cn1. The summed E-state index contributed by atoms with van der Waals surface area (Å²) in [5.41, 5.74) is 1.40. The number of rotatable bonds is 6. The van der Waals surface area contributed by atoms with Gasteiger partial charge in [0.15, 0.2) is 5.65 Å². The van der Waals surface area contributed by atoms with E-state index < -0.39 is 10.0 Å². The lowest BCUT2D eigenvalue weighted by Crippen LogP contribution is -2.18. The van der Waals surface area contributed by atoms with E-state index in [0.29, 0.717) is 24.6 Å². The van der Waals surface area contributed by atoms with Gasteiger partial charge < -0.3 is 5.32 Å². The maximum atomic E-state index is 11.0. The summed E-state index contributed by atoms with van der Waals surface area (Å²) in [5, 5.41) is 17.1. The molecule has 0 aliphatic heterocycles. The second-order valence-corrected chi connectivity index (χ2v) is 6.82. The van der Waals surface area contributed by atoms with Crippen molar-refractivity contribution in [3.05, 3.63) is 24.8 Å². The standard InChI is InChI=1S/C12H16N8O2S/c1-19-8-10(7-15-19)17-12-14-5-9-6-16-20(11(9)18-12)3-2-4-23(13,21)22/h5-8H,2-4H2,1H3,(H2,13,21,22)(H,14,17,18). The van der Waals surface area contributed by atoms with Crippen molar-refractivity contribution in [2.75, 3.05) is 11.1 Å². The molecule has 3 aromatic heterocycles. The monoisotopic (exact) mass is 336 g/mol. The number of nitrogens with zero attached hydrogens (tertiary/aromatic N) is 6. The number of aromatic nitrogens is 6. The average molecular weight is 336 g/mol. The second-order valence-electron chi connectivity index (χ2n) is 5.09. The Kier molecular flexibility index (Phi) is 3.96. The van der Waals surface area contributed by atoms with Gasteiger partial charge >= 0.3 is 0 Å². The molecular formula is C12H16N8O2S. The van der Waals surface area contributed by atoms with Crippen molar-refractivity contribution in [2.24, 2.45) is 12.2 Å². The number of nitrogens with two attached hydrogens (primary N) is 1. The van der Waals surface area contributed by atoms with Crippen molar-refractivity contribution in [2.45, 2.75) is 13.0 Å². The van der Waals surface area contributed by atoms with Crippen LogP contribution in [0.5, 0.6) is 0 Å². The van der Waals surface area contributed by atoms with E-state index >= 15 is 0 Å². The molecule has 0 fully saturated rings. The van der Waals surface area contributed by atoms with Crippen LogP contribution in [-0.2, 0) is 23.6 Å². The molecule has 0 radical (unpaired) electrons. The number of hydrogen-bond acceptors (Lipinski definition) is 7. The fraction of sp³-hybridized carbons (Fsp3) is 0.333. The molecule has 11 heteroatoms. The van der Waals surface area contributed by atoms with Crippen LogP contribution in [0, 0.1) is 0 Å². The zero-order chi connectivity index (χ0) is 16.4. The van der Waals surface area contributed by atoms with Crippen LogP contribution in [0.3, 0.4) is 0 Å². The predicted molar refractivity (Wildman–Crippen MR) is 84.4 cm³/mol. The normalized spacial score (nSPS) is 11.9. The Balaban J connectivity index is 1.79. The third kappa shape index (κ3) is 3.81. The van der Waals surface area contributed by atoms with Gasteiger partial charge in [-0.05, 0) is 6.42 Å².